The molecule has 1 saturated heterocycles. The van der Waals surface area contributed by atoms with E-state index >= 15 is 0 Å². The molecular formula is C20H15N3O7S. The van der Waals surface area contributed by atoms with Crippen LogP contribution >= 0.6 is 11.8 Å². The molecule has 1 N–H and O–H groups in total. The van der Waals surface area contributed by atoms with E-state index in [9.17, 15) is 24.5 Å². The van der Waals surface area contributed by atoms with Gasteiger partial charge >= 0.3 is 0 Å². The van der Waals surface area contributed by atoms with Gasteiger partial charge in [-0.1, -0.05) is 0 Å². The van der Waals surface area contributed by atoms with Crippen LogP contribution in [0, 0.1) is 10.1 Å². The van der Waals surface area contributed by atoms with Crippen molar-refractivity contribution >= 4 is 46.3 Å². The summed E-state index contributed by atoms with van der Waals surface area (Å²) in [5.74, 6) is -0.0749. The SMILES string of the molecule is O=C(CN1C(=O)S/C(=C/c2ccc([N+](=O)[O-])cc2)C1=O)Nc1ccc2c(c1)OCCO2. The Morgan fingerprint density at radius 1 is 1.13 bits per heavy atom. The van der Waals surface area contributed by atoms with E-state index in [1.54, 1.807) is 18.2 Å². The van der Waals surface area contributed by atoms with Gasteiger partial charge in [-0.3, -0.25) is 29.4 Å². The molecule has 11 heteroatoms. The number of carbonyl (C=O) groups excluding carboxylic acids is 3. The van der Waals surface area contributed by atoms with Crippen molar-refractivity contribution in [1.29, 1.82) is 0 Å². The summed E-state index contributed by atoms with van der Waals surface area (Å²) in [6.45, 7) is 0.407. The summed E-state index contributed by atoms with van der Waals surface area (Å²) in [6, 6.07) is 10.5. The van der Waals surface area contributed by atoms with Gasteiger partial charge in [-0.05, 0) is 47.7 Å². The fourth-order valence-corrected chi connectivity index (χ4v) is 3.78. The number of imide groups is 1. The zero-order chi connectivity index (χ0) is 22.0. The summed E-state index contributed by atoms with van der Waals surface area (Å²) in [5, 5.41) is 12.8. The van der Waals surface area contributed by atoms with Gasteiger partial charge < -0.3 is 14.8 Å². The zero-order valence-electron chi connectivity index (χ0n) is 15.9. The number of benzene rings is 2. The summed E-state index contributed by atoms with van der Waals surface area (Å²) >= 11 is 0.702. The maximum Gasteiger partial charge on any atom is 0.294 e. The third kappa shape index (κ3) is 4.51. The van der Waals surface area contributed by atoms with Crippen molar-refractivity contribution in [1.82, 2.24) is 4.90 Å². The first kappa shape index (κ1) is 20.4. The van der Waals surface area contributed by atoms with Gasteiger partial charge in [-0.2, -0.15) is 0 Å². The standard InChI is InChI=1S/C20H15N3O7S/c24-18(21-13-3-6-15-16(10-13)30-8-7-29-15)11-22-19(25)17(31-20(22)26)9-12-1-4-14(5-2-12)23(27)28/h1-6,9-10H,7-8,11H2,(H,21,24)/b17-9+. The lowest BCUT2D eigenvalue weighted by molar-refractivity contribution is -0.384. The molecule has 158 valence electrons. The maximum absolute atomic E-state index is 12.6. The molecule has 0 aromatic heterocycles. The Kier molecular flexibility index (Phi) is 5.58. The molecule has 0 spiro atoms. The quantitative estimate of drug-likeness (QED) is 0.426. The minimum absolute atomic E-state index is 0.0823. The minimum atomic E-state index is -0.606. The minimum Gasteiger partial charge on any atom is -0.486 e. The Morgan fingerprint density at radius 3 is 2.55 bits per heavy atom. The highest BCUT2D eigenvalue weighted by molar-refractivity contribution is 8.18. The van der Waals surface area contributed by atoms with Crippen molar-refractivity contribution in [2.75, 3.05) is 25.1 Å². The molecule has 0 radical (unpaired) electrons. The molecule has 0 atom stereocenters. The van der Waals surface area contributed by atoms with E-state index in [1.807, 2.05) is 0 Å². The van der Waals surface area contributed by atoms with Crippen LogP contribution in [0.15, 0.2) is 47.4 Å². The summed E-state index contributed by atoms with van der Waals surface area (Å²) < 4.78 is 10.9. The molecule has 2 aliphatic heterocycles. The van der Waals surface area contributed by atoms with Gasteiger partial charge in [-0.15, -0.1) is 0 Å². The van der Waals surface area contributed by atoms with Crippen molar-refractivity contribution in [2.45, 2.75) is 0 Å². The molecule has 0 unspecified atom stereocenters. The number of nitrogens with one attached hydrogen (secondary N) is 1. The highest BCUT2D eigenvalue weighted by Gasteiger charge is 2.36. The normalized spacial score (nSPS) is 16.5. The van der Waals surface area contributed by atoms with Gasteiger partial charge in [0.15, 0.2) is 11.5 Å². The number of ether oxygens (including phenoxy) is 2. The van der Waals surface area contributed by atoms with Crippen LogP contribution in [0.4, 0.5) is 16.2 Å². The Bertz CT molecular complexity index is 1110. The summed E-state index contributed by atoms with van der Waals surface area (Å²) in [7, 11) is 0. The topological polar surface area (TPSA) is 128 Å². The predicted octanol–water partition coefficient (Wildman–Crippen LogP) is 3.04. The van der Waals surface area contributed by atoms with Gasteiger partial charge in [0.25, 0.3) is 16.8 Å². The molecule has 0 saturated carbocycles. The second kappa shape index (κ2) is 8.48. The number of rotatable bonds is 5. The fraction of sp³-hybridized carbons (Fsp3) is 0.150. The van der Waals surface area contributed by atoms with Crippen LogP contribution in [-0.2, 0) is 9.59 Å². The summed E-state index contributed by atoms with van der Waals surface area (Å²) in [6.07, 6.45) is 1.45. The molecule has 2 heterocycles. The van der Waals surface area contributed by atoms with Gasteiger partial charge in [0.2, 0.25) is 5.91 Å². The number of non-ortho nitro benzene ring substituents is 1. The van der Waals surface area contributed by atoms with Gasteiger partial charge in [0, 0.05) is 23.9 Å². The van der Waals surface area contributed by atoms with Crippen molar-refractivity contribution in [3.05, 3.63) is 63.0 Å². The lowest BCUT2D eigenvalue weighted by atomic mass is 10.2. The van der Waals surface area contributed by atoms with Crippen LogP contribution in [-0.4, -0.2) is 46.6 Å². The van der Waals surface area contributed by atoms with E-state index in [2.05, 4.69) is 5.32 Å². The summed E-state index contributed by atoms with van der Waals surface area (Å²) in [5.41, 5.74) is 0.889. The maximum atomic E-state index is 12.6. The largest absolute Gasteiger partial charge is 0.486 e. The van der Waals surface area contributed by atoms with Crippen LogP contribution < -0.4 is 14.8 Å². The average Bonchev–Trinajstić information content (AvgIpc) is 3.01. The van der Waals surface area contributed by atoms with Gasteiger partial charge in [0.05, 0.1) is 9.83 Å². The molecule has 31 heavy (non-hydrogen) atoms. The molecular weight excluding hydrogens is 426 g/mol. The van der Waals surface area contributed by atoms with Crippen molar-refractivity contribution in [3.63, 3.8) is 0 Å². The number of carbonyl (C=O) groups is 3. The summed E-state index contributed by atoms with van der Waals surface area (Å²) in [4.78, 5) is 48.3. The van der Waals surface area contributed by atoms with Crippen LogP contribution in [0.25, 0.3) is 6.08 Å². The molecule has 10 nitrogen and oxygen atoms in total. The first-order valence-electron chi connectivity index (χ1n) is 9.10. The predicted molar refractivity (Wildman–Crippen MR) is 112 cm³/mol. The second-order valence-electron chi connectivity index (χ2n) is 6.52. The third-order valence-corrected chi connectivity index (χ3v) is 5.31. The number of hydrogen-bond acceptors (Lipinski definition) is 8. The smallest absolute Gasteiger partial charge is 0.294 e. The van der Waals surface area contributed by atoms with Crippen molar-refractivity contribution in [2.24, 2.45) is 0 Å². The Labute approximate surface area is 180 Å². The molecule has 2 aliphatic rings. The van der Waals surface area contributed by atoms with Crippen molar-refractivity contribution in [3.8, 4) is 11.5 Å². The van der Waals surface area contributed by atoms with Gasteiger partial charge in [-0.25, -0.2) is 0 Å². The number of nitrogens with zero attached hydrogens (tertiary/aromatic N) is 2. The monoisotopic (exact) mass is 441 g/mol. The highest BCUT2D eigenvalue weighted by atomic mass is 32.2. The Morgan fingerprint density at radius 2 is 1.84 bits per heavy atom. The first-order chi connectivity index (χ1) is 14.9. The van der Waals surface area contributed by atoms with Crippen molar-refractivity contribution < 1.29 is 28.8 Å². The Balaban J connectivity index is 1.41. The first-order valence-corrected chi connectivity index (χ1v) is 9.92. The number of nitro groups is 1. The molecule has 2 aromatic carbocycles. The molecule has 2 aromatic rings. The van der Waals surface area contributed by atoms with Gasteiger partial charge in [0.1, 0.15) is 19.8 Å². The fourth-order valence-electron chi connectivity index (χ4n) is 2.95. The number of nitro benzene ring substituents is 1. The van der Waals surface area contributed by atoms with Crippen LogP contribution in [0.2, 0.25) is 0 Å². The molecule has 1 fully saturated rings. The van der Waals surface area contributed by atoms with E-state index < -0.39 is 28.5 Å². The van der Waals surface area contributed by atoms with E-state index in [0.717, 1.165) is 4.90 Å². The highest BCUT2D eigenvalue weighted by Crippen LogP contribution is 2.34. The van der Waals surface area contributed by atoms with Crippen LogP contribution in [0.5, 0.6) is 11.5 Å². The zero-order valence-corrected chi connectivity index (χ0v) is 16.7. The number of hydrogen-bond donors (Lipinski definition) is 1. The number of anilines is 1. The molecule has 0 bridgehead atoms. The lowest BCUT2D eigenvalue weighted by Gasteiger charge is -2.19. The lowest BCUT2D eigenvalue weighted by Crippen LogP contribution is -2.36. The molecule has 4 rings (SSSR count). The Hall–Kier alpha value is -3.86. The van der Waals surface area contributed by atoms with E-state index in [4.69, 9.17) is 9.47 Å². The second-order valence-corrected chi connectivity index (χ2v) is 7.52. The van der Waals surface area contributed by atoms with E-state index in [-0.39, 0.29) is 10.6 Å². The third-order valence-electron chi connectivity index (χ3n) is 4.40. The van der Waals surface area contributed by atoms with E-state index in [1.165, 1.54) is 30.3 Å². The van der Waals surface area contributed by atoms with Crippen LogP contribution in [0.3, 0.4) is 0 Å². The average molecular weight is 441 g/mol. The number of thioether (sulfide) groups is 1. The number of amides is 3. The molecule has 0 aliphatic carbocycles. The number of fused-ring (bicyclic) bond motifs is 1. The van der Waals surface area contributed by atoms with Crippen LogP contribution in [0.1, 0.15) is 5.56 Å². The van der Waals surface area contributed by atoms with E-state index in [0.29, 0.717) is 47.7 Å². The molecule has 3 amide bonds.